The average molecular weight is 304 g/mol. The van der Waals surface area contributed by atoms with Crippen LogP contribution in [-0.4, -0.2) is 13.2 Å². The van der Waals surface area contributed by atoms with Crippen LogP contribution in [0, 0.1) is 0 Å². The van der Waals surface area contributed by atoms with E-state index in [4.69, 9.17) is 0 Å². The number of rotatable bonds is 0. The van der Waals surface area contributed by atoms with Crippen molar-refractivity contribution in [3.05, 3.63) is 65.3 Å². The van der Waals surface area contributed by atoms with Crippen LogP contribution in [0.15, 0.2) is 64.5 Å². The van der Waals surface area contributed by atoms with Gasteiger partial charge in [0.2, 0.25) is 0 Å². The second-order valence-electron chi connectivity index (χ2n) is 6.05. The fraction of sp³-hybridized carbons (Fsp3) is 0.300. The monoisotopic (exact) mass is 304 g/mol. The van der Waals surface area contributed by atoms with Crippen LogP contribution in [-0.2, 0) is 11.3 Å². The molecule has 23 heavy (non-hydrogen) atoms. The second-order valence-corrected chi connectivity index (χ2v) is 6.05. The predicted molar refractivity (Wildman–Crippen MR) is 93.2 cm³/mol. The van der Waals surface area contributed by atoms with Crippen molar-refractivity contribution in [3.8, 4) is 0 Å². The second kappa shape index (κ2) is 6.37. The lowest BCUT2D eigenvalue weighted by Gasteiger charge is -2.25. The highest BCUT2D eigenvalue weighted by molar-refractivity contribution is 5.93. The van der Waals surface area contributed by atoms with Crippen LogP contribution in [0.4, 0.5) is 0 Å². The average Bonchev–Trinajstić information content (AvgIpc) is 3.21. The number of nitrogens with zero attached hydrogens (tertiary/aromatic N) is 2. The molecule has 3 heteroatoms. The van der Waals surface area contributed by atoms with Gasteiger partial charge in [-0.2, -0.15) is 5.11 Å². The van der Waals surface area contributed by atoms with E-state index in [9.17, 15) is 0 Å². The third kappa shape index (κ3) is 2.79. The third-order valence-corrected chi connectivity index (χ3v) is 4.68. The zero-order valence-corrected chi connectivity index (χ0v) is 13.2. The number of fused-ring (bicyclic) bond motifs is 4. The van der Waals surface area contributed by atoms with Gasteiger partial charge in [0, 0.05) is 5.28 Å². The highest BCUT2D eigenvalue weighted by Gasteiger charge is 2.20. The van der Waals surface area contributed by atoms with Crippen LogP contribution < -0.4 is 0 Å². The molecule has 1 aliphatic heterocycles. The lowest BCUT2D eigenvalue weighted by Crippen LogP contribution is -2.06. The Balaban J connectivity index is 0.000000233. The maximum Gasteiger partial charge on any atom is 0.140 e. The lowest BCUT2D eigenvalue weighted by atomic mass is 9.80. The summed E-state index contributed by atoms with van der Waals surface area (Å²) in [5.41, 5.74) is 6.21. The van der Waals surface area contributed by atoms with Crippen molar-refractivity contribution in [1.29, 1.82) is 0 Å². The molecule has 5 rings (SSSR count). The number of benzene rings is 2. The van der Waals surface area contributed by atoms with Crippen LogP contribution >= 0.6 is 0 Å². The largest absolute Gasteiger partial charge is 0.378 e. The molecule has 0 bridgehead atoms. The molecular weight excluding hydrogens is 284 g/mol. The summed E-state index contributed by atoms with van der Waals surface area (Å²) in [5.74, 6) is 0. The van der Waals surface area contributed by atoms with E-state index in [2.05, 4.69) is 63.8 Å². The molecule has 2 aliphatic carbocycles. The Morgan fingerprint density at radius 3 is 2.74 bits per heavy atom. The van der Waals surface area contributed by atoms with Gasteiger partial charge in [-0.3, -0.25) is 0 Å². The minimum absolute atomic E-state index is 0.667. The molecule has 2 aromatic rings. The van der Waals surface area contributed by atoms with E-state index in [1.807, 2.05) is 0 Å². The predicted octanol–water partition coefficient (Wildman–Crippen LogP) is 5.27. The smallest absolute Gasteiger partial charge is 0.140 e. The summed E-state index contributed by atoms with van der Waals surface area (Å²) < 4.78 is 0. The van der Waals surface area contributed by atoms with E-state index in [-0.39, 0.29) is 0 Å². The van der Waals surface area contributed by atoms with Crippen LogP contribution in [0.2, 0.25) is 0 Å². The van der Waals surface area contributed by atoms with Crippen LogP contribution in [0.25, 0.3) is 16.3 Å². The first kappa shape index (κ1) is 14.2. The molecule has 0 amide bonds. The summed E-state index contributed by atoms with van der Waals surface area (Å²) in [5, 5.41) is 9.51. The fourth-order valence-corrected chi connectivity index (χ4v) is 3.59. The van der Waals surface area contributed by atoms with Crippen molar-refractivity contribution >= 4 is 16.3 Å². The Morgan fingerprint density at radius 1 is 0.957 bits per heavy atom. The Kier molecular flexibility index (Phi) is 3.93. The summed E-state index contributed by atoms with van der Waals surface area (Å²) in [4.78, 5) is 4.40. The maximum absolute atomic E-state index is 4.40. The summed E-state index contributed by atoms with van der Waals surface area (Å²) >= 11 is 0. The van der Waals surface area contributed by atoms with E-state index in [0.717, 1.165) is 6.54 Å². The normalized spacial score (nSPS) is 18.1. The van der Waals surface area contributed by atoms with Crippen LogP contribution in [0.5, 0.6) is 0 Å². The van der Waals surface area contributed by atoms with E-state index in [1.165, 1.54) is 47.6 Å². The quantitative estimate of drug-likeness (QED) is 0.652. The Hall–Kier alpha value is -2.42. The van der Waals surface area contributed by atoms with Gasteiger partial charge in [0.15, 0.2) is 0 Å². The molecule has 1 heterocycles. The molecule has 116 valence electrons. The van der Waals surface area contributed by atoms with Crippen molar-refractivity contribution in [2.45, 2.75) is 25.7 Å². The summed E-state index contributed by atoms with van der Waals surface area (Å²) in [6.07, 6.45) is 9.61. The first-order valence-electron chi connectivity index (χ1n) is 8.32. The number of allylic oxidation sites excluding steroid dienone is 4. The number of hydrogen-bond donors (Lipinski definition) is 0. The van der Waals surface area contributed by atoms with Crippen molar-refractivity contribution in [2.24, 2.45) is 10.4 Å². The van der Waals surface area contributed by atoms with Crippen molar-refractivity contribution in [1.82, 2.24) is 0 Å². The molecule has 0 atom stereocenters. The van der Waals surface area contributed by atoms with E-state index in [0.29, 0.717) is 6.61 Å². The van der Waals surface area contributed by atoms with Crippen molar-refractivity contribution < 1.29 is 4.84 Å². The topological polar surface area (TPSA) is 34.0 Å². The Morgan fingerprint density at radius 2 is 1.91 bits per heavy atom. The zero-order valence-electron chi connectivity index (χ0n) is 13.2. The van der Waals surface area contributed by atoms with E-state index >= 15 is 0 Å². The molecule has 0 N–H and O–H groups in total. The Labute approximate surface area is 136 Å². The van der Waals surface area contributed by atoms with Gasteiger partial charge in [-0.05, 0) is 53.2 Å². The summed E-state index contributed by atoms with van der Waals surface area (Å²) in [6, 6.07) is 13.4. The van der Waals surface area contributed by atoms with Gasteiger partial charge in [0.05, 0.1) is 0 Å². The molecule has 0 saturated carbocycles. The fourth-order valence-electron chi connectivity index (χ4n) is 3.59. The van der Waals surface area contributed by atoms with E-state index in [1.54, 1.807) is 11.1 Å². The molecule has 3 aliphatic rings. The first-order chi connectivity index (χ1) is 11.4. The van der Waals surface area contributed by atoms with Gasteiger partial charge < -0.3 is 4.84 Å². The highest BCUT2D eigenvalue weighted by Crippen LogP contribution is 2.39. The Bertz CT molecular complexity index is 812. The summed E-state index contributed by atoms with van der Waals surface area (Å²) in [6.45, 7) is 1.40. The van der Waals surface area contributed by atoms with Crippen LogP contribution in [0.1, 0.15) is 30.4 Å². The van der Waals surface area contributed by atoms with Gasteiger partial charge in [0.25, 0.3) is 0 Å². The molecule has 0 spiro atoms. The number of hydrogen-bond acceptors (Lipinski definition) is 3. The first-order valence-corrected chi connectivity index (χ1v) is 8.32. The molecule has 0 fully saturated rings. The highest BCUT2D eigenvalue weighted by atomic mass is 16.6. The summed E-state index contributed by atoms with van der Waals surface area (Å²) in [7, 11) is 0. The van der Waals surface area contributed by atoms with Gasteiger partial charge >= 0.3 is 0 Å². The molecule has 0 unspecified atom stereocenters. The standard InChI is InChI=1S/C18H16.C2H4N2O/c1-3-7-15-13(5-1)9-11-18-16-8-4-2-6-14(16)10-12-17(15)18;1-2-5-4-3-1/h1,3-5,7-9,11H,2,6,10,12H2;1-2H2. The van der Waals surface area contributed by atoms with Gasteiger partial charge in [0.1, 0.15) is 13.2 Å². The minimum atomic E-state index is 0.667. The zero-order chi connectivity index (χ0) is 15.5. The molecule has 0 saturated heterocycles. The van der Waals surface area contributed by atoms with Gasteiger partial charge in [-0.25, -0.2) is 0 Å². The molecule has 0 radical (unpaired) electrons. The van der Waals surface area contributed by atoms with Crippen LogP contribution in [0.3, 0.4) is 0 Å². The maximum atomic E-state index is 4.40. The van der Waals surface area contributed by atoms with E-state index < -0.39 is 0 Å². The molecule has 3 nitrogen and oxygen atoms in total. The number of aryl methyl sites for hydroxylation is 1. The van der Waals surface area contributed by atoms with Crippen molar-refractivity contribution in [2.75, 3.05) is 13.2 Å². The third-order valence-electron chi connectivity index (χ3n) is 4.68. The van der Waals surface area contributed by atoms with Gasteiger partial charge in [-0.15, -0.1) is 0 Å². The molecule has 2 aromatic carbocycles. The lowest BCUT2D eigenvalue weighted by molar-refractivity contribution is 0.174. The molecule has 0 aromatic heterocycles. The SMILES string of the molecule is C1=CC2=C(CC1)CCc1c2ccc2ccccc12.C1CON=N1. The molecular formula is C20H20N2O. The minimum Gasteiger partial charge on any atom is -0.378 e. The van der Waals surface area contributed by atoms with Crippen molar-refractivity contribution in [3.63, 3.8) is 0 Å². The van der Waals surface area contributed by atoms with Gasteiger partial charge in [-0.1, -0.05) is 54.1 Å².